The van der Waals surface area contributed by atoms with Crippen LogP contribution in [0.2, 0.25) is 0 Å². The first-order chi connectivity index (χ1) is 12.4. The van der Waals surface area contributed by atoms with Gasteiger partial charge in [-0.25, -0.2) is 9.97 Å². The van der Waals surface area contributed by atoms with E-state index in [9.17, 15) is 4.79 Å². The third-order valence-electron chi connectivity index (χ3n) is 4.13. The maximum atomic E-state index is 12.7. The summed E-state index contributed by atoms with van der Waals surface area (Å²) in [6, 6.07) is 7.38. The van der Waals surface area contributed by atoms with Crippen molar-refractivity contribution in [2.24, 2.45) is 0 Å². The molecule has 1 aromatic carbocycles. The SMILES string of the molecule is COc1ccccc1NC(=O)C(C)Sc1nc(C)nc2sc(C)c(C)c12. The molecule has 0 saturated heterocycles. The van der Waals surface area contributed by atoms with Crippen molar-refractivity contribution >= 4 is 44.9 Å². The highest BCUT2D eigenvalue weighted by Crippen LogP contribution is 2.37. The first-order valence-electron chi connectivity index (χ1n) is 8.25. The molecule has 3 aromatic rings. The number of methoxy groups -OCH3 is 1. The van der Waals surface area contributed by atoms with Gasteiger partial charge in [0, 0.05) is 10.3 Å². The van der Waals surface area contributed by atoms with E-state index in [4.69, 9.17) is 4.74 Å². The first kappa shape index (κ1) is 18.7. The second-order valence-electron chi connectivity index (χ2n) is 5.99. The zero-order valence-corrected chi connectivity index (χ0v) is 17.0. The number of para-hydroxylation sites is 2. The molecule has 1 amide bonds. The van der Waals surface area contributed by atoms with Crippen molar-refractivity contribution in [3.05, 3.63) is 40.5 Å². The molecule has 2 aromatic heterocycles. The van der Waals surface area contributed by atoms with Crippen LogP contribution >= 0.6 is 23.1 Å². The molecular weight excluding hydrogens is 366 g/mol. The Morgan fingerprint density at radius 2 is 1.96 bits per heavy atom. The van der Waals surface area contributed by atoms with Gasteiger partial charge in [-0.3, -0.25) is 4.79 Å². The average Bonchev–Trinajstić information content (AvgIpc) is 2.89. The summed E-state index contributed by atoms with van der Waals surface area (Å²) in [6.45, 7) is 7.93. The van der Waals surface area contributed by atoms with Gasteiger partial charge in [0.1, 0.15) is 21.4 Å². The standard InChI is InChI=1S/C19H21N3O2S2/c1-10-11(2)25-18-16(10)19(21-13(4)20-18)26-12(3)17(23)22-14-8-6-7-9-15(14)24-5/h6-9,12H,1-5H3,(H,22,23). The van der Waals surface area contributed by atoms with E-state index < -0.39 is 0 Å². The number of nitrogens with zero attached hydrogens (tertiary/aromatic N) is 2. The van der Waals surface area contributed by atoms with Crippen molar-refractivity contribution in [2.75, 3.05) is 12.4 Å². The fraction of sp³-hybridized carbons (Fsp3) is 0.316. The van der Waals surface area contributed by atoms with Crippen LogP contribution in [0.15, 0.2) is 29.3 Å². The van der Waals surface area contributed by atoms with Gasteiger partial charge in [0.2, 0.25) is 5.91 Å². The summed E-state index contributed by atoms with van der Waals surface area (Å²) >= 11 is 3.13. The van der Waals surface area contributed by atoms with Gasteiger partial charge in [0.25, 0.3) is 0 Å². The molecule has 0 saturated carbocycles. The zero-order valence-electron chi connectivity index (χ0n) is 15.4. The number of thioether (sulfide) groups is 1. The molecule has 0 spiro atoms. The number of hydrogen-bond acceptors (Lipinski definition) is 6. The van der Waals surface area contributed by atoms with E-state index in [1.54, 1.807) is 18.4 Å². The maximum absolute atomic E-state index is 12.7. The number of nitrogens with one attached hydrogen (secondary N) is 1. The molecule has 0 aliphatic carbocycles. The summed E-state index contributed by atoms with van der Waals surface area (Å²) < 4.78 is 5.30. The smallest absolute Gasteiger partial charge is 0.237 e. The van der Waals surface area contributed by atoms with Crippen LogP contribution in [0, 0.1) is 20.8 Å². The number of hydrogen-bond donors (Lipinski definition) is 1. The number of aromatic nitrogens is 2. The monoisotopic (exact) mass is 387 g/mol. The Labute approximate surface area is 161 Å². The summed E-state index contributed by atoms with van der Waals surface area (Å²) in [7, 11) is 1.59. The molecule has 1 unspecified atom stereocenters. The number of ether oxygens (including phenoxy) is 1. The van der Waals surface area contributed by atoms with Crippen molar-refractivity contribution in [1.82, 2.24) is 9.97 Å². The third-order valence-corrected chi connectivity index (χ3v) is 6.32. The van der Waals surface area contributed by atoms with Crippen molar-refractivity contribution in [3.8, 4) is 5.75 Å². The van der Waals surface area contributed by atoms with E-state index in [-0.39, 0.29) is 11.2 Å². The van der Waals surface area contributed by atoms with E-state index in [0.29, 0.717) is 11.4 Å². The lowest BCUT2D eigenvalue weighted by molar-refractivity contribution is -0.115. The molecule has 7 heteroatoms. The zero-order chi connectivity index (χ0) is 18.8. The largest absolute Gasteiger partial charge is 0.495 e. The molecule has 0 fully saturated rings. The maximum Gasteiger partial charge on any atom is 0.237 e. The van der Waals surface area contributed by atoms with E-state index >= 15 is 0 Å². The predicted molar refractivity (Wildman–Crippen MR) is 109 cm³/mol. The number of thiophene rings is 1. The number of carbonyl (C=O) groups excluding carboxylic acids is 1. The fourth-order valence-electron chi connectivity index (χ4n) is 2.60. The minimum absolute atomic E-state index is 0.0893. The number of rotatable bonds is 5. The Morgan fingerprint density at radius 3 is 2.69 bits per heavy atom. The van der Waals surface area contributed by atoms with Crippen LogP contribution < -0.4 is 10.1 Å². The second-order valence-corrected chi connectivity index (χ2v) is 8.52. The number of anilines is 1. The topological polar surface area (TPSA) is 64.1 Å². The number of carbonyl (C=O) groups is 1. The summed E-state index contributed by atoms with van der Waals surface area (Å²) in [4.78, 5) is 24.0. The van der Waals surface area contributed by atoms with Gasteiger partial charge >= 0.3 is 0 Å². The van der Waals surface area contributed by atoms with Crippen LogP contribution in [0.1, 0.15) is 23.2 Å². The molecular formula is C19H21N3O2S2. The first-order valence-corrected chi connectivity index (χ1v) is 9.95. The highest BCUT2D eigenvalue weighted by molar-refractivity contribution is 8.00. The lowest BCUT2D eigenvalue weighted by atomic mass is 10.2. The Morgan fingerprint density at radius 1 is 1.23 bits per heavy atom. The molecule has 0 radical (unpaired) electrons. The van der Waals surface area contributed by atoms with E-state index in [0.717, 1.165) is 21.1 Å². The summed E-state index contributed by atoms with van der Waals surface area (Å²) in [6.07, 6.45) is 0. The lowest BCUT2D eigenvalue weighted by Crippen LogP contribution is -2.22. The molecule has 0 aliphatic heterocycles. The molecule has 26 heavy (non-hydrogen) atoms. The fourth-order valence-corrected chi connectivity index (χ4v) is 4.80. The molecule has 5 nitrogen and oxygen atoms in total. The summed E-state index contributed by atoms with van der Waals surface area (Å²) in [5, 5.41) is 4.54. The van der Waals surface area contributed by atoms with Crippen molar-refractivity contribution in [3.63, 3.8) is 0 Å². The third kappa shape index (κ3) is 3.68. The molecule has 136 valence electrons. The van der Waals surface area contributed by atoms with Crippen LogP contribution in [0.3, 0.4) is 0 Å². The predicted octanol–water partition coefficient (Wildman–Crippen LogP) is 4.74. The Balaban J connectivity index is 1.84. The quantitative estimate of drug-likeness (QED) is 0.506. The molecule has 0 bridgehead atoms. The Bertz CT molecular complexity index is 969. The normalized spacial score (nSPS) is 12.2. The minimum Gasteiger partial charge on any atom is -0.495 e. The molecule has 1 N–H and O–H groups in total. The van der Waals surface area contributed by atoms with E-state index in [1.165, 1.54) is 22.2 Å². The van der Waals surface area contributed by atoms with E-state index in [2.05, 4.69) is 29.1 Å². The number of amides is 1. The van der Waals surface area contributed by atoms with Crippen LogP contribution in [0.4, 0.5) is 5.69 Å². The summed E-state index contributed by atoms with van der Waals surface area (Å²) in [5.74, 6) is 1.27. The van der Waals surface area contributed by atoms with Crippen molar-refractivity contribution in [2.45, 2.75) is 38.0 Å². The van der Waals surface area contributed by atoms with Crippen molar-refractivity contribution in [1.29, 1.82) is 0 Å². The number of aryl methyl sites for hydroxylation is 3. The van der Waals surface area contributed by atoms with Gasteiger partial charge in [-0.15, -0.1) is 11.3 Å². The van der Waals surface area contributed by atoms with Gasteiger partial charge in [0.05, 0.1) is 18.0 Å². The second kappa shape index (κ2) is 7.63. The molecule has 0 aliphatic rings. The van der Waals surface area contributed by atoms with Crippen LogP contribution in [-0.4, -0.2) is 28.2 Å². The van der Waals surface area contributed by atoms with Gasteiger partial charge in [-0.1, -0.05) is 23.9 Å². The Hall–Kier alpha value is -2.12. The van der Waals surface area contributed by atoms with Crippen molar-refractivity contribution < 1.29 is 9.53 Å². The highest BCUT2D eigenvalue weighted by atomic mass is 32.2. The molecule has 2 heterocycles. The lowest BCUT2D eigenvalue weighted by Gasteiger charge is -2.14. The Kier molecular flexibility index (Phi) is 5.48. The number of fused-ring (bicyclic) bond motifs is 1. The molecule has 1 atom stereocenters. The number of benzene rings is 1. The van der Waals surface area contributed by atoms with Crippen LogP contribution in [-0.2, 0) is 4.79 Å². The molecule has 3 rings (SSSR count). The highest BCUT2D eigenvalue weighted by Gasteiger charge is 2.21. The van der Waals surface area contributed by atoms with Gasteiger partial charge in [-0.05, 0) is 45.4 Å². The minimum atomic E-state index is -0.308. The average molecular weight is 388 g/mol. The van der Waals surface area contributed by atoms with Gasteiger partial charge < -0.3 is 10.1 Å². The van der Waals surface area contributed by atoms with E-state index in [1.807, 2.05) is 38.1 Å². The van der Waals surface area contributed by atoms with Gasteiger partial charge in [0.15, 0.2) is 0 Å². The van der Waals surface area contributed by atoms with Gasteiger partial charge in [-0.2, -0.15) is 0 Å². The van der Waals surface area contributed by atoms with Crippen LogP contribution in [0.25, 0.3) is 10.2 Å². The summed E-state index contributed by atoms with van der Waals surface area (Å²) in [5.41, 5.74) is 1.85. The van der Waals surface area contributed by atoms with Crippen LogP contribution in [0.5, 0.6) is 5.75 Å².